The summed E-state index contributed by atoms with van der Waals surface area (Å²) in [6.07, 6.45) is 0. The molecule has 0 heterocycles. The van der Waals surface area contributed by atoms with E-state index in [1.54, 1.807) is 0 Å². The summed E-state index contributed by atoms with van der Waals surface area (Å²) in [7, 11) is 3.90. The van der Waals surface area contributed by atoms with Gasteiger partial charge in [0, 0.05) is 19.7 Å². The van der Waals surface area contributed by atoms with Crippen LogP contribution in [0.5, 0.6) is 0 Å². The molecule has 4 nitrogen and oxygen atoms in total. The Balaban J connectivity index is 3.73. The Morgan fingerprint density at radius 3 is 2.57 bits per heavy atom. The van der Waals surface area contributed by atoms with Crippen molar-refractivity contribution in [2.75, 3.05) is 47.0 Å². The fourth-order valence-corrected chi connectivity index (χ4v) is 1.25. The standard InChI is InChI=1S/C10H24N2O2/c1-5-14-7-6-12(4)8-10(2,9-13)11-3/h11,13H,5-9H2,1-4H3. The molecule has 0 aromatic heterocycles. The highest BCUT2D eigenvalue weighted by molar-refractivity contribution is 4.83. The van der Waals surface area contributed by atoms with Gasteiger partial charge in [0.2, 0.25) is 0 Å². The van der Waals surface area contributed by atoms with E-state index in [2.05, 4.69) is 10.2 Å². The molecule has 0 radical (unpaired) electrons. The molecule has 0 rings (SSSR count). The Morgan fingerprint density at radius 1 is 1.50 bits per heavy atom. The molecule has 1 unspecified atom stereocenters. The minimum absolute atomic E-state index is 0.141. The molecule has 0 aromatic rings. The van der Waals surface area contributed by atoms with Crippen LogP contribution in [0.3, 0.4) is 0 Å². The summed E-state index contributed by atoms with van der Waals surface area (Å²) in [5.41, 5.74) is -0.221. The fourth-order valence-electron chi connectivity index (χ4n) is 1.25. The van der Waals surface area contributed by atoms with Crippen LogP contribution < -0.4 is 5.32 Å². The maximum absolute atomic E-state index is 9.19. The van der Waals surface area contributed by atoms with Crippen LogP contribution in [0.1, 0.15) is 13.8 Å². The van der Waals surface area contributed by atoms with Gasteiger partial charge in [-0.25, -0.2) is 0 Å². The summed E-state index contributed by atoms with van der Waals surface area (Å²) in [5.74, 6) is 0. The van der Waals surface area contributed by atoms with E-state index in [9.17, 15) is 5.11 Å². The van der Waals surface area contributed by atoms with Crippen LogP contribution in [0, 0.1) is 0 Å². The van der Waals surface area contributed by atoms with Crippen molar-refractivity contribution in [3.63, 3.8) is 0 Å². The smallest absolute Gasteiger partial charge is 0.0623 e. The quantitative estimate of drug-likeness (QED) is 0.543. The Bertz CT molecular complexity index is 138. The van der Waals surface area contributed by atoms with Gasteiger partial charge in [-0.15, -0.1) is 0 Å². The van der Waals surface area contributed by atoms with Crippen LogP contribution in [0.2, 0.25) is 0 Å². The second kappa shape index (κ2) is 7.17. The van der Waals surface area contributed by atoms with Crippen LogP contribution in [-0.4, -0.2) is 62.6 Å². The number of likely N-dealkylation sites (N-methyl/N-ethyl adjacent to an activating group) is 2. The molecule has 4 heteroatoms. The van der Waals surface area contributed by atoms with Crippen LogP contribution in [0.15, 0.2) is 0 Å². The van der Waals surface area contributed by atoms with Gasteiger partial charge in [0.25, 0.3) is 0 Å². The summed E-state index contributed by atoms with van der Waals surface area (Å²) in [6.45, 7) is 7.35. The first-order valence-corrected chi connectivity index (χ1v) is 5.14. The van der Waals surface area contributed by atoms with Crippen molar-refractivity contribution in [3.8, 4) is 0 Å². The largest absolute Gasteiger partial charge is 0.394 e. The highest BCUT2D eigenvalue weighted by Crippen LogP contribution is 2.03. The molecule has 0 saturated carbocycles. The third-order valence-electron chi connectivity index (χ3n) is 2.39. The number of rotatable bonds is 8. The van der Waals surface area contributed by atoms with Gasteiger partial charge in [0.1, 0.15) is 0 Å². The minimum atomic E-state index is -0.221. The number of aliphatic hydroxyl groups excluding tert-OH is 1. The molecule has 0 saturated heterocycles. The molecule has 0 aliphatic heterocycles. The summed E-state index contributed by atoms with van der Waals surface area (Å²) < 4.78 is 5.26. The number of aliphatic hydroxyl groups is 1. The van der Waals surface area contributed by atoms with Gasteiger partial charge in [0.15, 0.2) is 0 Å². The molecular weight excluding hydrogens is 180 g/mol. The third kappa shape index (κ3) is 5.54. The van der Waals surface area contributed by atoms with Crippen molar-refractivity contribution < 1.29 is 9.84 Å². The zero-order valence-corrected chi connectivity index (χ0v) is 9.84. The molecular formula is C10H24N2O2. The monoisotopic (exact) mass is 204 g/mol. The third-order valence-corrected chi connectivity index (χ3v) is 2.39. The summed E-state index contributed by atoms with van der Waals surface area (Å²) in [6, 6.07) is 0. The molecule has 0 aromatic carbocycles. The van der Waals surface area contributed by atoms with E-state index in [1.165, 1.54) is 0 Å². The van der Waals surface area contributed by atoms with E-state index in [4.69, 9.17) is 4.74 Å². The van der Waals surface area contributed by atoms with Gasteiger partial charge in [-0.3, -0.25) is 0 Å². The van der Waals surface area contributed by atoms with Crippen molar-refractivity contribution in [2.45, 2.75) is 19.4 Å². The zero-order valence-electron chi connectivity index (χ0n) is 9.84. The van der Waals surface area contributed by atoms with Crippen molar-refractivity contribution in [3.05, 3.63) is 0 Å². The average molecular weight is 204 g/mol. The predicted molar refractivity (Wildman–Crippen MR) is 58.5 cm³/mol. The number of hydrogen-bond acceptors (Lipinski definition) is 4. The lowest BCUT2D eigenvalue weighted by molar-refractivity contribution is 0.0960. The molecule has 0 aliphatic rings. The predicted octanol–water partition coefficient (Wildman–Crippen LogP) is -0.0749. The highest BCUT2D eigenvalue weighted by atomic mass is 16.5. The Kier molecular flexibility index (Phi) is 7.09. The number of nitrogens with one attached hydrogen (secondary N) is 1. The summed E-state index contributed by atoms with van der Waals surface area (Å²) in [5, 5.41) is 12.3. The molecule has 0 fully saturated rings. The molecule has 86 valence electrons. The number of ether oxygens (including phenoxy) is 1. The lowest BCUT2D eigenvalue weighted by Gasteiger charge is -2.31. The van der Waals surface area contributed by atoms with Gasteiger partial charge in [-0.05, 0) is 27.9 Å². The van der Waals surface area contributed by atoms with Crippen molar-refractivity contribution in [1.29, 1.82) is 0 Å². The second-order valence-electron chi connectivity index (χ2n) is 3.90. The minimum Gasteiger partial charge on any atom is -0.394 e. The van der Waals surface area contributed by atoms with Crippen LogP contribution >= 0.6 is 0 Å². The van der Waals surface area contributed by atoms with Crippen molar-refractivity contribution in [2.24, 2.45) is 0 Å². The average Bonchev–Trinajstić information content (AvgIpc) is 2.18. The maximum atomic E-state index is 9.19. The van der Waals surface area contributed by atoms with Gasteiger partial charge in [-0.2, -0.15) is 0 Å². The normalized spacial score (nSPS) is 15.9. The Morgan fingerprint density at radius 2 is 2.14 bits per heavy atom. The topological polar surface area (TPSA) is 44.7 Å². The van der Waals surface area contributed by atoms with E-state index in [0.29, 0.717) is 0 Å². The highest BCUT2D eigenvalue weighted by Gasteiger charge is 2.22. The lowest BCUT2D eigenvalue weighted by atomic mass is 10.0. The molecule has 14 heavy (non-hydrogen) atoms. The van der Waals surface area contributed by atoms with E-state index in [-0.39, 0.29) is 12.1 Å². The van der Waals surface area contributed by atoms with E-state index in [0.717, 1.165) is 26.3 Å². The Labute approximate surface area is 87.2 Å². The molecule has 0 amide bonds. The number of hydrogen-bond donors (Lipinski definition) is 2. The second-order valence-corrected chi connectivity index (χ2v) is 3.90. The van der Waals surface area contributed by atoms with Crippen LogP contribution in [-0.2, 0) is 4.74 Å². The molecule has 0 spiro atoms. The molecule has 0 aliphatic carbocycles. The van der Waals surface area contributed by atoms with Crippen LogP contribution in [0.25, 0.3) is 0 Å². The molecule has 1 atom stereocenters. The fraction of sp³-hybridized carbons (Fsp3) is 1.00. The first kappa shape index (κ1) is 13.8. The van der Waals surface area contributed by atoms with E-state index in [1.807, 2.05) is 27.9 Å². The van der Waals surface area contributed by atoms with Crippen molar-refractivity contribution >= 4 is 0 Å². The zero-order chi connectivity index (χ0) is 11.0. The van der Waals surface area contributed by atoms with Gasteiger partial charge in [-0.1, -0.05) is 0 Å². The maximum Gasteiger partial charge on any atom is 0.0623 e. The van der Waals surface area contributed by atoms with Crippen LogP contribution in [0.4, 0.5) is 0 Å². The summed E-state index contributed by atoms with van der Waals surface area (Å²) in [4.78, 5) is 2.16. The number of nitrogens with zero attached hydrogens (tertiary/aromatic N) is 1. The SMILES string of the molecule is CCOCCN(C)CC(C)(CO)NC. The first-order chi connectivity index (χ1) is 6.58. The molecule has 0 bridgehead atoms. The van der Waals surface area contributed by atoms with E-state index < -0.39 is 0 Å². The van der Waals surface area contributed by atoms with Gasteiger partial charge in [0.05, 0.1) is 18.8 Å². The van der Waals surface area contributed by atoms with Crippen molar-refractivity contribution in [1.82, 2.24) is 10.2 Å². The van der Waals surface area contributed by atoms with Gasteiger partial charge >= 0.3 is 0 Å². The van der Waals surface area contributed by atoms with Gasteiger partial charge < -0.3 is 20.1 Å². The first-order valence-electron chi connectivity index (χ1n) is 5.14. The summed E-state index contributed by atoms with van der Waals surface area (Å²) >= 11 is 0. The van der Waals surface area contributed by atoms with E-state index >= 15 is 0 Å². The Hall–Kier alpha value is -0.160. The molecule has 2 N–H and O–H groups in total. The lowest BCUT2D eigenvalue weighted by Crippen LogP contribution is -2.52.